The zero-order chi connectivity index (χ0) is 20.4. The number of rotatable bonds is 6. The first-order valence-electron chi connectivity index (χ1n) is 8.99. The molecule has 1 amide bonds. The number of fused-ring (bicyclic) bond motifs is 1. The zero-order valence-corrected chi connectivity index (χ0v) is 15.4. The van der Waals surface area contributed by atoms with Crippen molar-refractivity contribution in [3.63, 3.8) is 0 Å². The summed E-state index contributed by atoms with van der Waals surface area (Å²) in [5.74, 6) is -0.230. The van der Waals surface area contributed by atoms with Gasteiger partial charge in [0.2, 0.25) is 5.91 Å². The fourth-order valence-electron chi connectivity index (χ4n) is 3.43. The summed E-state index contributed by atoms with van der Waals surface area (Å²) in [7, 11) is 0. The minimum Gasteiger partial charge on any atom is -0.467 e. The number of esters is 1. The Kier molecular flexibility index (Phi) is 5.17. The van der Waals surface area contributed by atoms with Crippen LogP contribution in [0.4, 0.5) is 5.69 Å². The van der Waals surface area contributed by atoms with Crippen LogP contribution in [0.1, 0.15) is 23.3 Å². The molecule has 1 saturated heterocycles. The monoisotopic (exact) mass is 402 g/mol. The molecule has 1 aromatic heterocycles. The summed E-state index contributed by atoms with van der Waals surface area (Å²) in [5.41, 5.74) is 0.782. The van der Waals surface area contributed by atoms with E-state index < -0.39 is 16.8 Å². The normalized spacial score (nSPS) is 18.3. The van der Waals surface area contributed by atoms with Crippen LogP contribution in [-0.4, -0.2) is 35.0 Å². The summed E-state index contributed by atoms with van der Waals surface area (Å²) >= 11 is 0. The van der Waals surface area contributed by atoms with E-state index in [0.717, 1.165) is 0 Å². The summed E-state index contributed by atoms with van der Waals surface area (Å²) in [6.07, 6.45) is 1.57. The molecule has 0 spiro atoms. The smallest absolute Gasteiger partial charge is 0.311 e. The quantitative estimate of drug-likeness (QED) is 0.409. The molecule has 4 rings (SSSR count). The fraction of sp³-hybridized carbons (Fsp3) is 0.368. The van der Waals surface area contributed by atoms with Gasteiger partial charge in [-0.05, 0) is 12.1 Å². The van der Waals surface area contributed by atoms with Crippen molar-refractivity contribution in [1.82, 2.24) is 4.90 Å². The molecule has 29 heavy (non-hydrogen) atoms. The average molecular weight is 402 g/mol. The Morgan fingerprint density at radius 1 is 1.38 bits per heavy atom. The van der Waals surface area contributed by atoms with Gasteiger partial charge in [0.15, 0.2) is 6.79 Å². The molecule has 0 saturated carbocycles. The Morgan fingerprint density at radius 2 is 2.24 bits per heavy atom. The van der Waals surface area contributed by atoms with Crippen LogP contribution in [0, 0.1) is 16.0 Å². The summed E-state index contributed by atoms with van der Waals surface area (Å²) in [6, 6.07) is 6.19. The van der Waals surface area contributed by atoms with Crippen LogP contribution in [0.3, 0.4) is 0 Å². The Bertz CT molecular complexity index is 940. The van der Waals surface area contributed by atoms with E-state index in [4.69, 9.17) is 18.6 Å². The van der Waals surface area contributed by atoms with Crippen molar-refractivity contribution in [2.24, 2.45) is 5.92 Å². The lowest BCUT2D eigenvalue weighted by molar-refractivity contribution is -0.385. The van der Waals surface area contributed by atoms with E-state index in [2.05, 4.69) is 0 Å². The number of hydrogen-bond donors (Lipinski definition) is 0. The van der Waals surface area contributed by atoms with Gasteiger partial charge in [0.1, 0.15) is 18.1 Å². The number of carbonyl (C=O) groups excluding carboxylic acids is 2. The number of nitrogens with zero attached hydrogens (tertiary/aromatic N) is 2. The van der Waals surface area contributed by atoms with Crippen molar-refractivity contribution in [1.29, 1.82) is 0 Å². The Morgan fingerprint density at radius 3 is 3.00 bits per heavy atom. The molecule has 2 aliphatic rings. The van der Waals surface area contributed by atoms with E-state index in [1.165, 1.54) is 18.4 Å². The van der Waals surface area contributed by atoms with Crippen molar-refractivity contribution in [2.45, 2.75) is 26.2 Å². The van der Waals surface area contributed by atoms with E-state index in [1.807, 2.05) is 0 Å². The highest BCUT2D eigenvalue weighted by Gasteiger charge is 2.36. The first kappa shape index (κ1) is 18.9. The van der Waals surface area contributed by atoms with Gasteiger partial charge in [0, 0.05) is 36.2 Å². The molecule has 10 heteroatoms. The first-order valence-corrected chi connectivity index (χ1v) is 8.99. The van der Waals surface area contributed by atoms with E-state index in [1.54, 1.807) is 17.0 Å². The lowest BCUT2D eigenvalue weighted by Gasteiger charge is -2.20. The third-order valence-corrected chi connectivity index (χ3v) is 4.83. The summed E-state index contributed by atoms with van der Waals surface area (Å²) < 4.78 is 21.2. The fourth-order valence-corrected chi connectivity index (χ4v) is 3.43. The predicted molar refractivity (Wildman–Crippen MR) is 95.4 cm³/mol. The van der Waals surface area contributed by atoms with Crippen LogP contribution in [-0.2, 0) is 38.8 Å². The number of benzene rings is 1. The Labute approximate surface area is 165 Å². The predicted octanol–water partition coefficient (Wildman–Crippen LogP) is 2.15. The minimum absolute atomic E-state index is 0.0185. The van der Waals surface area contributed by atoms with E-state index >= 15 is 0 Å². The summed E-state index contributed by atoms with van der Waals surface area (Å²) in [4.78, 5) is 36.8. The maximum atomic E-state index is 12.5. The number of likely N-dealkylation sites (tertiary alicyclic amines) is 1. The van der Waals surface area contributed by atoms with E-state index in [-0.39, 0.29) is 44.6 Å². The number of furan rings is 1. The molecular formula is C19H18N2O8. The van der Waals surface area contributed by atoms with Gasteiger partial charge in [0.05, 0.1) is 30.3 Å². The van der Waals surface area contributed by atoms with Gasteiger partial charge in [-0.2, -0.15) is 0 Å². The molecule has 0 radical (unpaired) electrons. The molecule has 2 aliphatic heterocycles. The molecule has 1 aromatic carbocycles. The molecule has 0 unspecified atom stereocenters. The van der Waals surface area contributed by atoms with Gasteiger partial charge in [-0.25, -0.2) is 0 Å². The molecule has 1 fully saturated rings. The highest BCUT2D eigenvalue weighted by atomic mass is 16.7. The van der Waals surface area contributed by atoms with Crippen LogP contribution in [0.5, 0.6) is 5.75 Å². The maximum Gasteiger partial charge on any atom is 0.311 e. The number of amides is 1. The Balaban J connectivity index is 1.41. The number of ether oxygens (including phenoxy) is 3. The molecule has 0 aliphatic carbocycles. The molecular weight excluding hydrogens is 384 g/mol. The van der Waals surface area contributed by atoms with Crippen LogP contribution in [0.15, 0.2) is 34.9 Å². The van der Waals surface area contributed by atoms with Crippen molar-refractivity contribution in [3.05, 3.63) is 57.5 Å². The third-order valence-electron chi connectivity index (χ3n) is 4.83. The van der Waals surface area contributed by atoms with Crippen LogP contribution in [0.25, 0.3) is 0 Å². The topological polar surface area (TPSA) is 121 Å². The molecule has 3 heterocycles. The van der Waals surface area contributed by atoms with Gasteiger partial charge in [0.25, 0.3) is 5.69 Å². The second kappa shape index (κ2) is 7.92. The highest BCUT2D eigenvalue weighted by Crippen LogP contribution is 2.33. The molecule has 10 nitrogen and oxygen atoms in total. The zero-order valence-electron chi connectivity index (χ0n) is 15.4. The molecule has 0 bridgehead atoms. The number of nitro groups is 1. The SMILES string of the molecule is O=C(OCc1cc([N+](=O)[O-])cc2c1OCOC2)[C@@H]1CC(=O)N(Cc2ccco2)C1. The summed E-state index contributed by atoms with van der Waals surface area (Å²) in [6.45, 7) is 0.533. The number of nitro benzene ring substituents is 1. The van der Waals surface area contributed by atoms with Crippen molar-refractivity contribution >= 4 is 17.6 Å². The van der Waals surface area contributed by atoms with Gasteiger partial charge < -0.3 is 23.5 Å². The van der Waals surface area contributed by atoms with Gasteiger partial charge in [-0.15, -0.1) is 0 Å². The van der Waals surface area contributed by atoms with Crippen molar-refractivity contribution in [3.8, 4) is 5.75 Å². The lowest BCUT2D eigenvalue weighted by Crippen LogP contribution is -2.26. The largest absolute Gasteiger partial charge is 0.467 e. The van der Waals surface area contributed by atoms with Gasteiger partial charge in [-0.3, -0.25) is 19.7 Å². The Hall–Kier alpha value is -3.40. The standard InChI is InChI=1S/C19H18N2O8/c22-17-6-12(7-20(17)8-16-2-1-3-27-16)19(23)28-10-14-5-15(21(24)25)4-13-9-26-11-29-18(13)14/h1-5,12H,6-11H2/t12-/m1/s1. The van der Waals surface area contributed by atoms with Gasteiger partial charge >= 0.3 is 5.97 Å². The molecule has 0 N–H and O–H groups in total. The highest BCUT2D eigenvalue weighted by molar-refractivity contribution is 5.86. The molecule has 2 aromatic rings. The summed E-state index contributed by atoms with van der Waals surface area (Å²) in [5, 5.41) is 11.2. The second-order valence-corrected chi connectivity index (χ2v) is 6.82. The average Bonchev–Trinajstić information content (AvgIpc) is 3.36. The van der Waals surface area contributed by atoms with E-state index in [9.17, 15) is 19.7 Å². The van der Waals surface area contributed by atoms with Crippen LogP contribution in [0.2, 0.25) is 0 Å². The number of carbonyl (C=O) groups is 2. The maximum absolute atomic E-state index is 12.5. The van der Waals surface area contributed by atoms with Crippen molar-refractivity contribution in [2.75, 3.05) is 13.3 Å². The van der Waals surface area contributed by atoms with E-state index in [0.29, 0.717) is 29.2 Å². The number of non-ortho nitro benzene ring substituents is 1. The van der Waals surface area contributed by atoms with Crippen LogP contribution < -0.4 is 4.74 Å². The lowest BCUT2D eigenvalue weighted by atomic mass is 10.1. The molecule has 152 valence electrons. The van der Waals surface area contributed by atoms with Crippen molar-refractivity contribution < 1.29 is 33.1 Å². The van der Waals surface area contributed by atoms with Crippen LogP contribution >= 0.6 is 0 Å². The third kappa shape index (κ3) is 4.06. The van der Waals surface area contributed by atoms with Gasteiger partial charge in [-0.1, -0.05) is 0 Å². The molecule has 1 atom stereocenters. The number of hydrogen-bond acceptors (Lipinski definition) is 8. The first-order chi connectivity index (χ1) is 14.0. The second-order valence-electron chi connectivity index (χ2n) is 6.82. The minimum atomic E-state index is -0.601.